The van der Waals surface area contributed by atoms with E-state index in [1.165, 1.54) is 25.5 Å². The summed E-state index contributed by atoms with van der Waals surface area (Å²) in [4.78, 5) is 12.6. The van der Waals surface area contributed by atoms with Gasteiger partial charge in [0.25, 0.3) is 15.9 Å². The van der Waals surface area contributed by atoms with Crippen LogP contribution in [-0.4, -0.2) is 34.2 Å². The molecule has 1 N–H and O–H groups in total. The SMILES string of the molecule is COc1ccc(N(CC(=O)N/N=C\c2ccc(Cl)cc2)S(=O)(=O)c2ccccc2)cc1. The van der Waals surface area contributed by atoms with Crippen LogP contribution < -0.4 is 14.5 Å². The van der Waals surface area contributed by atoms with E-state index in [-0.39, 0.29) is 4.90 Å². The van der Waals surface area contributed by atoms with E-state index in [0.29, 0.717) is 16.5 Å². The van der Waals surface area contributed by atoms with E-state index in [4.69, 9.17) is 16.3 Å². The Bertz CT molecular complexity index is 1150. The maximum Gasteiger partial charge on any atom is 0.264 e. The summed E-state index contributed by atoms with van der Waals surface area (Å²) in [6.07, 6.45) is 1.44. The summed E-state index contributed by atoms with van der Waals surface area (Å²) < 4.78 is 32.6. The second kappa shape index (κ2) is 10.1. The van der Waals surface area contributed by atoms with Crippen LogP contribution in [0.15, 0.2) is 88.9 Å². The molecule has 0 spiro atoms. The third-order valence-electron chi connectivity index (χ3n) is 4.25. The first-order chi connectivity index (χ1) is 14.9. The maximum absolute atomic E-state index is 13.2. The largest absolute Gasteiger partial charge is 0.497 e. The lowest BCUT2D eigenvalue weighted by Gasteiger charge is -2.23. The second-order valence-electron chi connectivity index (χ2n) is 6.37. The van der Waals surface area contributed by atoms with Crippen LogP contribution in [0.2, 0.25) is 5.02 Å². The number of rotatable bonds is 8. The highest BCUT2D eigenvalue weighted by atomic mass is 35.5. The third-order valence-corrected chi connectivity index (χ3v) is 6.29. The molecule has 0 heterocycles. The number of benzene rings is 3. The van der Waals surface area contributed by atoms with Crippen molar-refractivity contribution in [2.45, 2.75) is 4.90 Å². The summed E-state index contributed by atoms with van der Waals surface area (Å²) in [6, 6.07) is 21.2. The average Bonchev–Trinajstić information content (AvgIpc) is 2.79. The van der Waals surface area contributed by atoms with Gasteiger partial charge in [-0.05, 0) is 54.1 Å². The topological polar surface area (TPSA) is 88.1 Å². The van der Waals surface area contributed by atoms with Crippen LogP contribution in [0.4, 0.5) is 5.69 Å². The van der Waals surface area contributed by atoms with Gasteiger partial charge in [0.15, 0.2) is 0 Å². The predicted molar refractivity (Wildman–Crippen MR) is 121 cm³/mol. The third kappa shape index (κ3) is 5.84. The fraction of sp³-hybridized carbons (Fsp3) is 0.0909. The Morgan fingerprint density at radius 1 is 1.03 bits per heavy atom. The van der Waals surface area contributed by atoms with Crippen molar-refractivity contribution in [1.82, 2.24) is 5.43 Å². The average molecular weight is 458 g/mol. The lowest BCUT2D eigenvalue weighted by molar-refractivity contribution is -0.119. The number of carbonyl (C=O) groups excluding carboxylic acids is 1. The van der Waals surface area contributed by atoms with Crippen LogP contribution in [0.5, 0.6) is 5.75 Å². The molecule has 160 valence electrons. The minimum atomic E-state index is -3.99. The Labute approximate surface area is 186 Å². The van der Waals surface area contributed by atoms with Gasteiger partial charge in [-0.3, -0.25) is 9.10 Å². The van der Waals surface area contributed by atoms with Crippen LogP contribution in [0, 0.1) is 0 Å². The number of ether oxygens (including phenoxy) is 1. The Kier molecular flexibility index (Phi) is 7.28. The number of carbonyl (C=O) groups is 1. The molecular weight excluding hydrogens is 438 g/mol. The number of hydrogen-bond donors (Lipinski definition) is 1. The van der Waals surface area contributed by atoms with Gasteiger partial charge in [-0.25, -0.2) is 13.8 Å². The van der Waals surface area contributed by atoms with Gasteiger partial charge >= 0.3 is 0 Å². The van der Waals surface area contributed by atoms with Gasteiger partial charge in [0.05, 0.1) is 23.9 Å². The Morgan fingerprint density at radius 3 is 2.29 bits per heavy atom. The van der Waals surface area contributed by atoms with Crippen LogP contribution in [0.25, 0.3) is 0 Å². The number of nitrogens with one attached hydrogen (secondary N) is 1. The molecule has 31 heavy (non-hydrogen) atoms. The highest BCUT2D eigenvalue weighted by Gasteiger charge is 2.27. The lowest BCUT2D eigenvalue weighted by atomic mass is 10.2. The van der Waals surface area contributed by atoms with E-state index < -0.39 is 22.5 Å². The molecule has 0 atom stereocenters. The lowest BCUT2D eigenvalue weighted by Crippen LogP contribution is -2.39. The molecule has 0 aliphatic carbocycles. The van der Waals surface area contributed by atoms with Crippen molar-refractivity contribution in [3.8, 4) is 5.75 Å². The second-order valence-corrected chi connectivity index (χ2v) is 8.67. The van der Waals surface area contributed by atoms with E-state index in [0.717, 1.165) is 9.87 Å². The van der Waals surface area contributed by atoms with Crippen molar-refractivity contribution in [2.24, 2.45) is 5.10 Å². The van der Waals surface area contributed by atoms with Gasteiger partial charge < -0.3 is 4.74 Å². The van der Waals surface area contributed by atoms with Crippen molar-refractivity contribution in [3.63, 3.8) is 0 Å². The Hall–Kier alpha value is -3.36. The zero-order chi connectivity index (χ0) is 22.3. The number of hydrogen-bond acceptors (Lipinski definition) is 5. The molecule has 0 bridgehead atoms. The summed E-state index contributed by atoms with van der Waals surface area (Å²) in [5.74, 6) is -0.0293. The number of halogens is 1. The Balaban J connectivity index is 1.82. The maximum atomic E-state index is 13.2. The quantitative estimate of drug-likeness (QED) is 0.412. The standard InChI is InChI=1S/C22H20ClN3O4S/c1-30-20-13-11-19(12-14-20)26(31(28,29)21-5-3-2-4-6-21)16-22(27)25-24-15-17-7-9-18(23)10-8-17/h2-15H,16H2,1H3,(H,25,27)/b24-15-. The van der Waals surface area contributed by atoms with Gasteiger partial charge in [0.2, 0.25) is 0 Å². The Morgan fingerprint density at radius 2 is 1.68 bits per heavy atom. The summed E-state index contributed by atoms with van der Waals surface area (Å²) in [7, 11) is -2.47. The minimum absolute atomic E-state index is 0.0725. The molecule has 3 rings (SSSR count). The number of sulfonamides is 1. The summed E-state index contributed by atoms with van der Waals surface area (Å²) in [6.45, 7) is -0.457. The van der Waals surface area contributed by atoms with E-state index >= 15 is 0 Å². The van der Waals surface area contributed by atoms with Gasteiger partial charge in [0, 0.05) is 5.02 Å². The number of amides is 1. The fourth-order valence-electron chi connectivity index (χ4n) is 2.68. The van der Waals surface area contributed by atoms with Crippen LogP contribution in [0.3, 0.4) is 0 Å². The minimum Gasteiger partial charge on any atom is -0.497 e. The fourth-order valence-corrected chi connectivity index (χ4v) is 4.24. The number of hydrazone groups is 1. The first kappa shape index (κ1) is 22.3. The van der Waals surface area contributed by atoms with Gasteiger partial charge in [-0.15, -0.1) is 0 Å². The number of anilines is 1. The number of nitrogens with zero attached hydrogens (tertiary/aromatic N) is 2. The molecule has 0 radical (unpaired) electrons. The van der Waals surface area contributed by atoms with Gasteiger partial charge in [-0.1, -0.05) is 41.9 Å². The van der Waals surface area contributed by atoms with E-state index in [2.05, 4.69) is 10.5 Å². The zero-order valence-corrected chi connectivity index (χ0v) is 18.2. The number of methoxy groups -OCH3 is 1. The highest BCUT2D eigenvalue weighted by molar-refractivity contribution is 7.92. The molecule has 0 fully saturated rings. The zero-order valence-electron chi connectivity index (χ0n) is 16.6. The van der Waals surface area contributed by atoms with Crippen LogP contribution in [0.1, 0.15) is 5.56 Å². The molecule has 0 aromatic heterocycles. The molecule has 3 aromatic carbocycles. The first-order valence-electron chi connectivity index (χ1n) is 9.19. The highest BCUT2D eigenvalue weighted by Crippen LogP contribution is 2.25. The van der Waals surface area contributed by atoms with E-state index in [1.54, 1.807) is 66.7 Å². The van der Waals surface area contributed by atoms with E-state index in [9.17, 15) is 13.2 Å². The molecule has 3 aromatic rings. The molecule has 0 aliphatic heterocycles. The van der Waals surface area contributed by atoms with Crippen LogP contribution in [-0.2, 0) is 14.8 Å². The molecular formula is C22H20ClN3O4S. The molecule has 0 aliphatic rings. The molecule has 0 unspecified atom stereocenters. The van der Waals surface area contributed by atoms with Crippen molar-refractivity contribution < 1.29 is 17.9 Å². The van der Waals surface area contributed by atoms with Crippen molar-refractivity contribution in [3.05, 3.63) is 89.4 Å². The smallest absolute Gasteiger partial charge is 0.264 e. The van der Waals surface area contributed by atoms with Gasteiger partial charge in [-0.2, -0.15) is 5.10 Å². The molecule has 1 amide bonds. The summed E-state index contributed by atoms with van der Waals surface area (Å²) >= 11 is 5.84. The summed E-state index contributed by atoms with van der Waals surface area (Å²) in [5, 5.41) is 4.48. The molecule has 0 saturated carbocycles. The monoisotopic (exact) mass is 457 g/mol. The molecule has 9 heteroatoms. The van der Waals surface area contributed by atoms with Gasteiger partial charge in [0.1, 0.15) is 12.3 Å². The van der Waals surface area contributed by atoms with Crippen molar-refractivity contribution in [2.75, 3.05) is 18.0 Å². The molecule has 0 saturated heterocycles. The molecule has 7 nitrogen and oxygen atoms in total. The van der Waals surface area contributed by atoms with Crippen molar-refractivity contribution >= 4 is 39.4 Å². The summed E-state index contributed by atoms with van der Waals surface area (Å²) in [5.41, 5.74) is 3.41. The predicted octanol–water partition coefficient (Wildman–Crippen LogP) is 3.69. The first-order valence-corrected chi connectivity index (χ1v) is 11.0. The van der Waals surface area contributed by atoms with Crippen LogP contribution >= 0.6 is 11.6 Å². The normalized spacial score (nSPS) is 11.3. The van der Waals surface area contributed by atoms with E-state index in [1.807, 2.05) is 0 Å². The van der Waals surface area contributed by atoms with Crippen molar-refractivity contribution in [1.29, 1.82) is 0 Å².